The molecular formula is C17H21N7O4. The first-order valence-corrected chi connectivity index (χ1v) is 9.14. The van der Waals surface area contributed by atoms with Gasteiger partial charge < -0.3 is 5.32 Å². The molecule has 2 N–H and O–H groups in total. The third-order valence-electron chi connectivity index (χ3n) is 5.56. The Morgan fingerprint density at radius 2 is 2.04 bits per heavy atom. The fourth-order valence-electron chi connectivity index (χ4n) is 3.81. The standard InChI is InChI=1S/C17H21N7O4/c1-10-3-5-17(6-4-10)15(27)24(16(28)20-17)21-12(25)8-23-9-18-13-11(14(23)26)7-19-22(13)2/h7,9-10H,3-6,8H2,1-2H3,(H,20,28)(H,21,25). The van der Waals surface area contributed by atoms with Crippen molar-refractivity contribution in [3.63, 3.8) is 0 Å². The van der Waals surface area contributed by atoms with Crippen molar-refractivity contribution in [2.45, 2.75) is 44.7 Å². The minimum absolute atomic E-state index is 0.281. The van der Waals surface area contributed by atoms with E-state index in [-0.39, 0.29) is 11.9 Å². The Bertz CT molecular complexity index is 1030. The lowest BCUT2D eigenvalue weighted by molar-refractivity contribution is -0.140. The molecule has 11 heteroatoms. The molecule has 1 saturated carbocycles. The molecule has 1 aliphatic heterocycles. The van der Waals surface area contributed by atoms with Crippen LogP contribution in [-0.2, 0) is 23.2 Å². The highest BCUT2D eigenvalue weighted by Gasteiger charge is 2.52. The zero-order valence-corrected chi connectivity index (χ0v) is 15.6. The van der Waals surface area contributed by atoms with Crippen molar-refractivity contribution in [3.05, 3.63) is 22.9 Å². The van der Waals surface area contributed by atoms with Crippen LogP contribution in [0.5, 0.6) is 0 Å². The van der Waals surface area contributed by atoms with Crippen LogP contribution in [0, 0.1) is 5.92 Å². The van der Waals surface area contributed by atoms with Crippen molar-refractivity contribution in [2.24, 2.45) is 13.0 Å². The van der Waals surface area contributed by atoms with Crippen molar-refractivity contribution in [3.8, 4) is 0 Å². The zero-order valence-electron chi connectivity index (χ0n) is 15.6. The van der Waals surface area contributed by atoms with E-state index in [1.807, 2.05) is 0 Å². The molecule has 0 aromatic carbocycles. The molecule has 1 aliphatic carbocycles. The summed E-state index contributed by atoms with van der Waals surface area (Å²) in [6.07, 6.45) is 5.38. The largest absolute Gasteiger partial charge is 0.344 e. The van der Waals surface area contributed by atoms with Gasteiger partial charge in [0.1, 0.15) is 23.8 Å². The molecule has 3 heterocycles. The summed E-state index contributed by atoms with van der Waals surface area (Å²) in [6, 6.07) is -0.652. The first-order valence-electron chi connectivity index (χ1n) is 9.14. The lowest BCUT2D eigenvalue weighted by Crippen LogP contribution is -2.52. The summed E-state index contributed by atoms with van der Waals surface area (Å²) >= 11 is 0. The zero-order chi connectivity index (χ0) is 20.1. The van der Waals surface area contributed by atoms with Crippen LogP contribution < -0.4 is 16.3 Å². The highest BCUT2D eigenvalue weighted by molar-refractivity contribution is 6.08. The summed E-state index contributed by atoms with van der Waals surface area (Å²) in [7, 11) is 1.66. The van der Waals surface area contributed by atoms with Gasteiger partial charge in [-0.05, 0) is 31.6 Å². The lowest BCUT2D eigenvalue weighted by atomic mass is 9.77. The van der Waals surface area contributed by atoms with Gasteiger partial charge in [-0.1, -0.05) is 6.92 Å². The van der Waals surface area contributed by atoms with Crippen LogP contribution in [0.15, 0.2) is 17.3 Å². The number of nitrogens with zero attached hydrogens (tertiary/aromatic N) is 5. The van der Waals surface area contributed by atoms with E-state index >= 15 is 0 Å². The first-order chi connectivity index (χ1) is 13.3. The summed E-state index contributed by atoms with van der Waals surface area (Å²) in [5, 5.41) is 7.70. The number of hydrazine groups is 1. The van der Waals surface area contributed by atoms with E-state index in [4.69, 9.17) is 0 Å². The van der Waals surface area contributed by atoms with Gasteiger partial charge in [-0.2, -0.15) is 10.1 Å². The maximum atomic E-state index is 12.8. The molecular weight excluding hydrogens is 366 g/mol. The second kappa shape index (κ2) is 6.43. The van der Waals surface area contributed by atoms with Crippen LogP contribution in [-0.4, -0.2) is 47.7 Å². The molecule has 4 rings (SSSR count). The Kier molecular flexibility index (Phi) is 4.16. The molecule has 2 aromatic heterocycles. The maximum Gasteiger partial charge on any atom is 0.344 e. The van der Waals surface area contributed by atoms with Crippen LogP contribution >= 0.6 is 0 Å². The van der Waals surface area contributed by atoms with Gasteiger partial charge in [0.25, 0.3) is 17.4 Å². The number of rotatable bonds is 3. The summed E-state index contributed by atoms with van der Waals surface area (Å²) < 4.78 is 2.56. The first kappa shape index (κ1) is 18.1. The molecule has 0 atom stereocenters. The molecule has 28 heavy (non-hydrogen) atoms. The average Bonchev–Trinajstić information content (AvgIpc) is 3.14. The number of aryl methyl sites for hydroxylation is 1. The average molecular weight is 387 g/mol. The molecule has 2 fully saturated rings. The van der Waals surface area contributed by atoms with Crippen LogP contribution in [0.25, 0.3) is 11.0 Å². The highest BCUT2D eigenvalue weighted by atomic mass is 16.2. The Morgan fingerprint density at radius 3 is 2.75 bits per heavy atom. The molecule has 0 radical (unpaired) electrons. The minimum atomic E-state index is -0.941. The summed E-state index contributed by atoms with van der Waals surface area (Å²) in [5.41, 5.74) is 1.35. The Hall–Kier alpha value is -3.24. The molecule has 2 aromatic rings. The van der Waals surface area contributed by atoms with E-state index in [9.17, 15) is 19.2 Å². The van der Waals surface area contributed by atoms with Gasteiger partial charge in [0, 0.05) is 7.05 Å². The van der Waals surface area contributed by atoms with Crippen molar-refractivity contribution in [1.82, 2.24) is 35.1 Å². The topological polar surface area (TPSA) is 131 Å². The van der Waals surface area contributed by atoms with Crippen molar-refractivity contribution >= 4 is 28.9 Å². The number of amides is 4. The van der Waals surface area contributed by atoms with Gasteiger partial charge in [0.15, 0.2) is 5.65 Å². The number of urea groups is 1. The second-order valence-electron chi connectivity index (χ2n) is 7.55. The molecule has 0 bridgehead atoms. The fraction of sp³-hybridized carbons (Fsp3) is 0.529. The lowest BCUT2D eigenvalue weighted by Gasteiger charge is -2.33. The SMILES string of the molecule is CC1CCC2(CC1)NC(=O)N(NC(=O)Cn1cnc3c(cnn3C)c1=O)C2=O. The number of carbonyl (C=O) groups is 3. The summed E-state index contributed by atoms with van der Waals surface area (Å²) in [5.74, 6) is -0.622. The third kappa shape index (κ3) is 2.83. The Morgan fingerprint density at radius 1 is 1.32 bits per heavy atom. The van der Waals surface area contributed by atoms with Crippen molar-refractivity contribution in [1.29, 1.82) is 0 Å². The van der Waals surface area contributed by atoms with Gasteiger partial charge in [0.05, 0.1) is 6.20 Å². The van der Waals surface area contributed by atoms with E-state index in [2.05, 4.69) is 27.7 Å². The number of imide groups is 1. The van der Waals surface area contributed by atoms with E-state index in [1.165, 1.54) is 17.2 Å². The van der Waals surface area contributed by atoms with Gasteiger partial charge in [-0.3, -0.25) is 29.1 Å². The van der Waals surface area contributed by atoms with E-state index in [1.54, 1.807) is 7.05 Å². The maximum absolute atomic E-state index is 12.8. The van der Waals surface area contributed by atoms with Gasteiger partial charge in [0.2, 0.25) is 0 Å². The number of carbonyl (C=O) groups excluding carboxylic acids is 3. The monoisotopic (exact) mass is 387 g/mol. The van der Waals surface area contributed by atoms with Crippen LogP contribution in [0.3, 0.4) is 0 Å². The summed E-state index contributed by atoms with van der Waals surface area (Å²) in [4.78, 5) is 54.0. The molecule has 11 nitrogen and oxygen atoms in total. The minimum Gasteiger partial charge on any atom is -0.322 e. The molecule has 2 aliphatic rings. The number of nitrogens with one attached hydrogen (secondary N) is 2. The Labute approximate surface area is 159 Å². The van der Waals surface area contributed by atoms with Gasteiger partial charge in [-0.25, -0.2) is 9.78 Å². The molecule has 0 unspecified atom stereocenters. The number of fused-ring (bicyclic) bond motifs is 1. The van der Waals surface area contributed by atoms with Gasteiger partial charge >= 0.3 is 6.03 Å². The van der Waals surface area contributed by atoms with E-state index in [0.717, 1.165) is 22.4 Å². The van der Waals surface area contributed by atoms with Crippen LogP contribution in [0.4, 0.5) is 4.79 Å². The van der Waals surface area contributed by atoms with Gasteiger partial charge in [-0.15, -0.1) is 0 Å². The van der Waals surface area contributed by atoms with Crippen molar-refractivity contribution < 1.29 is 14.4 Å². The Balaban J connectivity index is 1.48. The van der Waals surface area contributed by atoms with Crippen molar-refractivity contribution in [2.75, 3.05) is 0 Å². The molecule has 4 amide bonds. The second-order valence-corrected chi connectivity index (χ2v) is 7.55. The summed E-state index contributed by atoms with van der Waals surface area (Å²) in [6.45, 7) is 1.73. The molecule has 1 saturated heterocycles. The number of aromatic nitrogens is 4. The number of hydrogen-bond donors (Lipinski definition) is 2. The smallest absolute Gasteiger partial charge is 0.322 e. The third-order valence-corrected chi connectivity index (χ3v) is 5.56. The molecule has 1 spiro atoms. The van der Waals surface area contributed by atoms with E-state index < -0.39 is 28.9 Å². The predicted molar refractivity (Wildman–Crippen MR) is 96.7 cm³/mol. The predicted octanol–water partition coefficient (Wildman–Crippen LogP) is -0.338. The highest BCUT2D eigenvalue weighted by Crippen LogP contribution is 2.35. The quantitative estimate of drug-likeness (QED) is 0.693. The van der Waals surface area contributed by atoms with Crippen LogP contribution in [0.2, 0.25) is 0 Å². The van der Waals surface area contributed by atoms with Crippen LogP contribution in [0.1, 0.15) is 32.6 Å². The normalized spacial score (nSPS) is 24.8. The number of hydrogen-bond acceptors (Lipinski definition) is 6. The fourth-order valence-corrected chi connectivity index (χ4v) is 3.81. The molecule has 148 valence electrons. The van der Waals surface area contributed by atoms with E-state index in [0.29, 0.717) is 24.4 Å².